The Hall–Kier alpha value is -1.29. The molecule has 11 heteroatoms. The van der Waals surface area contributed by atoms with Crippen LogP contribution in [0.4, 0.5) is 0 Å². The van der Waals surface area contributed by atoms with E-state index in [4.69, 9.17) is 14.5 Å². The number of ether oxygens (including phenoxy) is 1. The van der Waals surface area contributed by atoms with Crippen LogP contribution in [0, 0.1) is 0 Å². The van der Waals surface area contributed by atoms with E-state index in [-0.39, 0.29) is 0 Å². The first kappa shape index (κ1) is 15.1. The zero-order valence-corrected chi connectivity index (χ0v) is 10.9. The average Bonchev–Trinajstić information content (AvgIpc) is 2.56. The minimum atomic E-state index is -4.46. The highest BCUT2D eigenvalue weighted by atomic mass is 31.2. The van der Waals surface area contributed by atoms with E-state index in [9.17, 15) is 24.4 Å². The van der Waals surface area contributed by atoms with Gasteiger partial charge >= 0.3 is 13.3 Å². The largest absolute Gasteiger partial charge is 0.387 e. The summed E-state index contributed by atoms with van der Waals surface area (Å²) in [5, 5.41) is 19.5. The van der Waals surface area contributed by atoms with Crippen LogP contribution in [-0.2, 0) is 9.30 Å². The minimum absolute atomic E-state index is 0.647. The van der Waals surface area contributed by atoms with Gasteiger partial charge in [0.05, 0.1) is 6.16 Å². The van der Waals surface area contributed by atoms with Crippen molar-refractivity contribution in [1.29, 1.82) is 0 Å². The molecule has 4 atom stereocenters. The summed E-state index contributed by atoms with van der Waals surface area (Å²) >= 11 is 0. The van der Waals surface area contributed by atoms with E-state index in [0.717, 1.165) is 16.8 Å². The topological polar surface area (TPSA) is 162 Å². The van der Waals surface area contributed by atoms with Gasteiger partial charge in [-0.2, -0.15) is 0 Å². The highest BCUT2D eigenvalue weighted by Gasteiger charge is 2.46. The summed E-state index contributed by atoms with van der Waals surface area (Å²) in [6, 6.07) is 1.01. The fraction of sp³-hybridized carbons (Fsp3) is 0.556. The van der Waals surface area contributed by atoms with Crippen molar-refractivity contribution in [2.45, 2.75) is 24.5 Å². The molecule has 2 heterocycles. The lowest BCUT2D eigenvalue weighted by Crippen LogP contribution is -2.37. The molecule has 0 saturated carbocycles. The van der Waals surface area contributed by atoms with Crippen LogP contribution in [0.5, 0.6) is 0 Å². The number of hydrogen-bond acceptors (Lipinski definition) is 6. The summed E-state index contributed by atoms with van der Waals surface area (Å²) in [4.78, 5) is 42.1. The number of rotatable bonds is 3. The van der Waals surface area contributed by atoms with Crippen molar-refractivity contribution >= 4 is 7.60 Å². The zero-order chi connectivity index (χ0) is 15.1. The lowest BCUT2D eigenvalue weighted by molar-refractivity contribution is -0.0351. The molecule has 1 aromatic rings. The quantitative estimate of drug-likeness (QED) is 0.378. The Morgan fingerprint density at radius 2 is 1.95 bits per heavy atom. The Balaban J connectivity index is 2.28. The molecular formula is C9H13N2O8P. The van der Waals surface area contributed by atoms with Gasteiger partial charge in [0, 0.05) is 12.3 Å². The van der Waals surface area contributed by atoms with Crippen molar-refractivity contribution < 1.29 is 29.3 Å². The number of aliphatic hydroxyl groups excluding tert-OH is 2. The number of nitrogens with one attached hydrogen (secondary N) is 1. The third kappa shape index (κ3) is 3.06. The van der Waals surface area contributed by atoms with Crippen LogP contribution in [0.3, 0.4) is 0 Å². The number of hydrogen-bond donors (Lipinski definition) is 5. The number of aliphatic hydroxyl groups is 2. The van der Waals surface area contributed by atoms with Crippen LogP contribution in [0.1, 0.15) is 6.23 Å². The van der Waals surface area contributed by atoms with E-state index in [0.29, 0.717) is 0 Å². The minimum Gasteiger partial charge on any atom is -0.387 e. The Bertz CT molecular complexity index is 648. The molecule has 1 saturated heterocycles. The molecule has 0 spiro atoms. The van der Waals surface area contributed by atoms with Crippen molar-refractivity contribution in [3.63, 3.8) is 0 Å². The van der Waals surface area contributed by atoms with Gasteiger partial charge in [-0.3, -0.25) is 18.9 Å². The van der Waals surface area contributed by atoms with E-state index >= 15 is 0 Å². The molecule has 5 N–H and O–H groups in total. The van der Waals surface area contributed by atoms with Crippen molar-refractivity contribution in [2.24, 2.45) is 0 Å². The van der Waals surface area contributed by atoms with Gasteiger partial charge in [-0.25, -0.2) is 4.79 Å². The van der Waals surface area contributed by atoms with Gasteiger partial charge in [0.2, 0.25) is 0 Å². The molecule has 0 aromatic carbocycles. The molecule has 2 rings (SSSR count). The summed E-state index contributed by atoms with van der Waals surface area (Å²) in [6.07, 6.45) is -5.52. The fourth-order valence-electron chi connectivity index (χ4n) is 1.97. The third-order valence-corrected chi connectivity index (χ3v) is 3.72. The maximum Gasteiger partial charge on any atom is 0.330 e. The van der Waals surface area contributed by atoms with Crippen LogP contribution in [0.15, 0.2) is 21.9 Å². The van der Waals surface area contributed by atoms with Crippen molar-refractivity contribution in [3.8, 4) is 0 Å². The van der Waals surface area contributed by atoms with Crippen LogP contribution >= 0.6 is 7.60 Å². The Morgan fingerprint density at radius 1 is 1.30 bits per heavy atom. The molecule has 0 amide bonds. The molecular weight excluding hydrogens is 295 g/mol. The van der Waals surface area contributed by atoms with E-state index in [1.807, 2.05) is 4.98 Å². The summed E-state index contributed by atoms with van der Waals surface area (Å²) in [5.74, 6) is 0. The van der Waals surface area contributed by atoms with Gasteiger partial charge in [-0.15, -0.1) is 0 Å². The molecule has 0 bridgehead atoms. The van der Waals surface area contributed by atoms with E-state index < -0.39 is 49.5 Å². The normalized spacial score (nSPS) is 30.6. The van der Waals surface area contributed by atoms with Gasteiger partial charge < -0.3 is 24.7 Å². The first-order valence-corrected chi connectivity index (χ1v) is 7.36. The predicted molar refractivity (Wildman–Crippen MR) is 64.2 cm³/mol. The lowest BCUT2D eigenvalue weighted by Gasteiger charge is -2.16. The van der Waals surface area contributed by atoms with Gasteiger partial charge in [0.15, 0.2) is 6.23 Å². The first-order chi connectivity index (χ1) is 9.19. The highest BCUT2D eigenvalue weighted by Crippen LogP contribution is 2.40. The second-order valence-electron chi connectivity index (χ2n) is 4.41. The Kier molecular flexibility index (Phi) is 3.96. The zero-order valence-electron chi connectivity index (χ0n) is 9.99. The lowest BCUT2D eigenvalue weighted by atomic mass is 10.1. The molecule has 0 aliphatic carbocycles. The van der Waals surface area contributed by atoms with E-state index in [2.05, 4.69) is 0 Å². The number of aromatic nitrogens is 2. The monoisotopic (exact) mass is 308 g/mol. The third-order valence-electron chi connectivity index (χ3n) is 2.88. The highest BCUT2D eigenvalue weighted by molar-refractivity contribution is 7.51. The summed E-state index contributed by atoms with van der Waals surface area (Å²) in [5.41, 5.74) is -1.52. The molecule has 2 unspecified atom stereocenters. The molecule has 10 nitrogen and oxygen atoms in total. The van der Waals surface area contributed by atoms with E-state index in [1.165, 1.54) is 0 Å². The molecule has 112 valence electrons. The summed E-state index contributed by atoms with van der Waals surface area (Å²) < 4.78 is 16.8. The summed E-state index contributed by atoms with van der Waals surface area (Å²) in [6.45, 7) is 0. The predicted octanol–water partition coefficient (Wildman–Crippen LogP) is -2.67. The maximum absolute atomic E-state index is 11.6. The fourth-order valence-corrected chi connectivity index (χ4v) is 2.74. The number of H-pyrrole nitrogens is 1. The Labute approximate surface area is 111 Å². The Morgan fingerprint density at radius 3 is 2.50 bits per heavy atom. The second-order valence-corrected chi connectivity index (χ2v) is 6.11. The van der Waals surface area contributed by atoms with Gasteiger partial charge in [0.25, 0.3) is 5.56 Å². The van der Waals surface area contributed by atoms with Gasteiger partial charge in [-0.1, -0.05) is 0 Å². The smallest absolute Gasteiger partial charge is 0.330 e. The number of nitrogens with zero attached hydrogens (tertiary/aromatic N) is 1. The van der Waals surface area contributed by atoms with Crippen LogP contribution in [0.25, 0.3) is 0 Å². The molecule has 1 aliphatic heterocycles. The SMILES string of the molecule is O=c1ccn([C@H]2O[C@@H](CP(=O)(O)O)C(O)C2O)c(=O)[nH]1. The molecule has 1 aromatic heterocycles. The average molecular weight is 308 g/mol. The van der Waals surface area contributed by atoms with E-state index in [1.54, 1.807) is 0 Å². The summed E-state index contributed by atoms with van der Waals surface area (Å²) in [7, 11) is -4.46. The number of aromatic amines is 1. The van der Waals surface area contributed by atoms with Gasteiger partial charge in [-0.05, 0) is 0 Å². The van der Waals surface area contributed by atoms with Crippen molar-refractivity contribution in [3.05, 3.63) is 33.1 Å². The molecule has 1 fully saturated rings. The maximum atomic E-state index is 11.6. The van der Waals surface area contributed by atoms with Crippen LogP contribution in [-0.4, -0.2) is 54.0 Å². The van der Waals surface area contributed by atoms with Crippen LogP contribution in [0.2, 0.25) is 0 Å². The standard InChI is InChI=1S/C9H13N2O8P/c12-5-1-2-11(9(15)10-5)8-7(14)6(13)4(19-8)3-20(16,17)18/h1-2,4,6-8,13-14H,3H2,(H,10,12,15)(H2,16,17,18)/t4-,6?,7?,8-/m0/s1. The van der Waals surface area contributed by atoms with Crippen molar-refractivity contribution in [1.82, 2.24) is 9.55 Å². The van der Waals surface area contributed by atoms with Crippen molar-refractivity contribution in [2.75, 3.05) is 6.16 Å². The van der Waals surface area contributed by atoms with Crippen LogP contribution < -0.4 is 11.2 Å². The molecule has 20 heavy (non-hydrogen) atoms. The molecule has 1 aliphatic rings. The second kappa shape index (κ2) is 5.24. The first-order valence-electron chi connectivity index (χ1n) is 5.57. The molecule has 0 radical (unpaired) electrons. The van der Waals surface area contributed by atoms with Gasteiger partial charge in [0.1, 0.15) is 18.3 Å².